The fourth-order valence-electron chi connectivity index (χ4n) is 2.79. The molecule has 0 fully saturated rings. The summed E-state index contributed by atoms with van der Waals surface area (Å²) < 4.78 is 45.4. The van der Waals surface area contributed by atoms with Crippen LogP contribution in [0, 0.1) is 0 Å². The molecule has 3 rings (SSSR count). The first-order chi connectivity index (χ1) is 14.0. The van der Waals surface area contributed by atoms with Gasteiger partial charge in [-0.15, -0.1) is 0 Å². The third kappa shape index (κ3) is 5.07. The Balaban J connectivity index is 1.87. The summed E-state index contributed by atoms with van der Waals surface area (Å²) in [6, 6.07) is 6.51. The number of amides is 1. The van der Waals surface area contributed by atoms with E-state index in [4.69, 9.17) is 4.74 Å². The molecule has 7 nitrogen and oxygen atoms in total. The summed E-state index contributed by atoms with van der Waals surface area (Å²) in [5, 5.41) is 16.8. The number of aromatic nitrogens is 3. The van der Waals surface area contributed by atoms with Crippen molar-refractivity contribution in [3.05, 3.63) is 53.6 Å². The van der Waals surface area contributed by atoms with E-state index >= 15 is 0 Å². The van der Waals surface area contributed by atoms with E-state index in [-0.39, 0.29) is 17.1 Å². The lowest BCUT2D eigenvalue weighted by Crippen LogP contribution is -2.19. The number of aliphatic hydroxyl groups is 1. The molecule has 0 unspecified atom stereocenters. The van der Waals surface area contributed by atoms with Gasteiger partial charge in [-0.3, -0.25) is 4.79 Å². The Morgan fingerprint density at radius 1 is 1.27 bits per heavy atom. The lowest BCUT2D eigenvalue weighted by Gasteiger charge is -2.15. The quantitative estimate of drug-likeness (QED) is 0.632. The second-order valence-electron chi connectivity index (χ2n) is 7.43. The number of fused-ring (bicyclic) bond motifs is 1. The first-order valence-corrected chi connectivity index (χ1v) is 9.10. The number of carbonyl (C=O) groups is 1. The highest BCUT2D eigenvalue weighted by Crippen LogP contribution is 2.29. The number of aryl methyl sites for hydroxylation is 1. The van der Waals surface area contributed by atoms with Gasteiger partial charge in [0.25, 0.3) is 5.91 Å². The molecular formula is C20H21F3N4O3. The van der Waals surface area contributed by atoms with E-state index in [0.29, 0.717) is 18.4 Å². The number of rotatable bonds is 6. The SMILES string of the molecule is COc1cn2nc(CCC(C)(C)O)cc2cc1NC(=O)c1cccc(C(F)(F)F)n1. The number of anilines is 1. The summed E-state index contributed by atoms with van der Waals surface area (Å²) >= 11 is 0. The van der Waals surface area contributed by atoms with E-state index in [9.17, 15) is 23.1 Å². The number of hydrogen-bond acceptors (Lipinski definition) is 5. The molecule has 0 aromatic carbocycles. The monoisotopic (exact) mass is 422 g/mol. The van der Waals surface area contributed by atoms with Crippen molar-refractivity contribution in [3.63, 3.8) is 0 Å². The maximum atomic E-state index is 12.9. The molecule has 0 saturated carbocycles. The van der Waals surface area contributed by atoms with Crippen LogP contribution in [0.1, 0.15) is 42.1 Å². The maximum absolute atomic E-state index is 12.9. The average molecular weight is 422 g/mol. The van der Waals surface area contributed by atoms with Crippen LogP contribution >= 0.6 is 0 Å². The molecule has 30 heavy (non-hydrogen) atoms. The molecule has 0 aliphatic carbocycles. The zero-order valence-corrected chi connectivity index (χ0v) is 16.6. The minimum atomic E-state index is -4.65. The third-order valence-corrected chi connectivity index (χ3v) is 4.35. The lowest BCUT2D eigenvalue weighted by atomic mass is 10.0. The van der Waals surface area contributed by atoms with Gasteiger partial charge >= 0.3 is 6.18 Å². The molecule has 3 heterocycles. The van der Waals surface area contributed by atoms with E-state index < -0.39 is 23.4 Å². The first-order valence-electron chi connectivity index (χ1n) is 9.10. The molecule has 10 heteroatoms. The smallest absolute Gasteiger partial charge is 0.433 e. The molecule has 160 valence electrons. The standard InChI is InChI=1S/C20H21F3N4O3/c1-19(2,29)8-7-12-9-13-10-15(16(30-3)11-27(13)26-12)25-18(28)14-5-4-6-17(24-14)20(21,22)23/h4-6,9-11,29H,7-8H2,1-3H3,(H,25,28). The molecule has 0 aliphatic rings. The Labute approximate surface area is 170 Å². The number of ether oxygens (including phenoxy) is 1. The van der Waals surface area contributed by atoms with E-state index in [1.165, 1.54) is 13.2 Å². The highest BCUT2D eigenvalue weighted by Gasteiger charge is 2.33. The highest BCUT2D eigenvalue weighted by molar-refractivity contribution is 6.04. The van der Waals surface area contributed by atoms with Crippen LogP contribution < -0.4 is 10.1 Å². The normalized spacial score (nSPS) is 12.2. The number of halogens is 3. The largest absolute Gasteiger partial charge is 0.493 e. The fraction of sp³-hybridized carbons (Fsp3) is 0.350. The van der Waals surface area contributed by atoms with Crippen molar-refractivity contribution in [2.24, 2.45) is 0 Å². The van der Waals surface area contributed by atoms with Crippen molar-refractivity contribution in [1.82, 2.24) is 14.6 Å². The number of pyridine rings is 2. The lowest BCUT2D eigenvalue weighted by molar-refractivity contribution is -0.141. The predicted molar refractivity (Wildman–Crippen MR) is 104 cm³/mol. The van der Waals surface area contributed by atoms with Crippen molar-refractivity contribution >= 4 is 17.1 Å². The summed E-state index contributed by atoms with van der Waals surface area (Å²) in [4.78, 5) is 15.9. The van der Waals surface area contributed by atoms with Gasteiger partial charge in [0.2, 0.25) is 0 Å². The zero-order valence-electron chi connectivity index (χ0n) is 16.6. The van der Waals surface area contributed by atoms with Gasteiger partial charge in [-0.05, 0) is 51.0 Å². The summed E-state index contributed by atoms with van der Waals surface area (Å²) in [5.41, 5.74) is -0.694. The Bertz CT molecular complexity index is 1070. The van der Waals surface area contributed by atoms with E-state index in [1.807, 2.05) is 0 Å². The Morgan fingerprint density at radius 3 is 2.63 bits per heavy atom. The van der Waals surface area contributed by atoms with Gasteiger partial charge in [0.15, 0.2) is 5.75 Å². The van der Waals surface area contributed by atoms with Crippen molar-refractivity contribution in [2.45, 2.75) is 38.5 Å². The summed E-state index contributed by atoms with van der Waals surface area (Å²) in [5.74, 6) is -0.523. The minimum Gasteiger partial charge on any atom is -0.493 e. The number of nitrogens with zero attached hydrogens (tertiary/aromatic N) is 3. The molecule has 0 bridgehead atoms. The van der Waals surface area contributed by atoms with Gasteiger partial charge in [-0.25, -0.2) is 9.50 Å². The average Bonchev–Trinajstić information content (AvgIpc) is 3.06. The summed E-state index contributed by atoms with van der Waals surface area (Å²) in [7, 11) is 1.40. The van der Waals surface area contributed by atoms with Gasteiger partial charge in [0.1, 0.15) is 11.4 Å². The fourth-order valence-corrected chi connectivity index (χ4v) is 2.79. The number of nitrogens with one attached hydrogen (secondary N) is 1. The van der Waals surface area contributed by atoms with Crippen LogP contribution in [0.2, 0.25) is 0 Å². The van der Waals surface area contributed by atoms with Crippen molar-refractivity contribution in [1.29, 1.82) is 0 Å². The summed E-state index contributed by atoms with van der Waals surface area (Å²) in [6.07, 6.45) is -2.04. The first kappa shape index (κ1) is 21.6. The molecule has 0 spiro atoms. The van der Waals surface area contributed by atoms with E-state index in [0.717, 1.165) is 17.8 Å². The van der Waals surface area contributed by atoms with Crippen LogP contribution in [0.3, 0.4) is 0 Å². The molecule has 3 aromatic heterocycles. The Kier molecular flexibility index (Phi) is 5.71. The van der Waals surface area contributed by atoms with Crippen molar-refractivity contribution < 1.29 is 27.8 Å². The van der Waals surface area contributed by atoms with E-state index in [1.54, 1.807) is 36.7 Å². The molecular weight excluding hydrogens is 401 g/mol. The molecule has 0 aliphatic heterocycles. The molecule has 1 amide bonds. The molecule has 0 radical (unpaired) electrons. The van der Waals surface area contributed by atoms with Crippen molar-refractivity contribution in [2.75, 3.05) is 12.4 Å². The van der Waals surface area contributed by atoms with Gasteiger partial charge in [0.05, 0.1) is 35.8 Å². The topological polar surface area (TPSA) is 88.8 Å². The predicted octanol–water partition coefficient (Wildman–Crippen LogP) is 3.71. The molecule has 0 atom stereocenters. The van der Waals surface area contributed by atoms with Gasteiger partial charge in [-0.2, -0.15) is 18.3 Å². The minimum absolute atomic E-state index is 0.267. The number of hydrogen-bond donors (Lipinski definition) is 2. The highest BCUT2D eigenvalue weighted by atomic mass is 19.4. The van der Waals surface area contributed by atoms with Crippen LogP contribution in [0.4, 0.5) is 18.9 Å². The van der Waals surface area contributed by atoms with Crippen LogP contribution in [0.5, 0.6) is 5.75 Å². The number of alkyl halides is 3. The van der Waals surface area contributed by atoms with Gasteiger partial charge in [0, 0.05) is 0 Å². The van der Waals surface area contributed by atoms with E-state index in [2.05, 4.69) is 15.4 Å². The van der Waals surface area contributed by atoms with Crippen LogP contribution in [0.25, 0.3) is 5.52 Å². The zero-order chi connectivity index (χ0) is 22.1. The maximum Gasteiger partial charge on any atom is 0.433 e. The molecule has 3 aromatic rings. The third-order valence-electron chi connectivity index (χ3n) is 4.35. The number of carbonyl (C=O) groups excluding carboxylic acids is 1. The van der Waals surface area contributed by atoms with Crippen molar-refractivity contribution in [3.8, 4) is 5.75 Å². The number of methoxy groups -OCH3 is 1. The van der Waals surface area contributed by atoms with Crippen LogP contribution in [0.15, 0.2) is 36.5 Å². The second-order valence-corrected chi connectivity index (χ2v) is 7.43. The summed E-state index contributed by atoms with van der Waals surface area (Å²) in [6.45, 7) is 3.42. The van der Waals surface area contributed by atoms with Crippen LogP contribution in [-0.4, -0.2) is 38.3 Å². The van der Waals surface area contributed by atoms with Gasteiger partial charge in [-0.1, -0.05) is 6.07 Å². The van der Waals surface area contributed by atoms with Crippen LogP contribution in [-0.2, 0) is 12.6 Å². The molecule has 2 N–H and O–H groups in total. The molecule has 0 saturated heterocycles. The Morgan fingerprint density at radius 2 is 2.00 bits per heavy atom. The Hall–Kier alpha value is -3.14. The second kappa shape index (κ2) is 7.94. The van der Waals surface area contributed by atoms with Gasteiger partial charge < -0.3 is 15.2 Å².